The summed E-state index contributed by atoms with van der Waals surface area (Å²) in [7, 11) is -4.26. The predicted octanol–water partition coefficient (Wildman–Crippen LogP) is -2.28. The first-order chi connectivity index (χ1) is 9.69. The number of nitrogens with zero attached hydrogens (tertiary/aromatic N) is 1. The Balaban J connectivity index is 2.18. The second-order valence-corrected chi connectivity index (χ2v) is 6.52. The van der Waals surface area contributed by atoms with E-state index in [4.69, 9.17) is 14.5 Å². The molecule has 0 aliphatic carbocycles. The van der Waals surface area contributed by atoms with Gasteiger partial charge in [0.25, 0.3) is 5.56 Å². The molecule has 0 saturated carbocycles. The van der Waals surface area contributed by atoms with Gasteiger partial charge in [-0.2, -0.15) is 0 Å². The van der Waals surface area contributed by atoms with Crippen molar-refractivity contribution < 1.29 is 29.3 Å². The van der Waals surface area contributed by atoms with Crippen LogP contribution in [0.1, 0.15) is 12.6 Å². The van der Waals surface area contributed by atoms with Crippen LogP contribution in [0.2, 0.25) is 0 Å². The molecular formula is C10H15N2O8P. The summed E-state index contributed by atoms with van der Waals surface area (Å²) in [5.74, 6) is 0. The van der Waals surface area contributed by atoms with Crippen molar-refractivity contribution in [2.75, 3.05) is 6.16 Å². The fourth-order valence-corrected chi connectivity index (χ4v) is 2.71. The highest BCUT2D eigenvalue weighted by Crippen LogP contribution is 2.38. The third-order valence-electron chi connectivity index (χ3n) is 3.17. The van der Waals surface area contributed by atoms with Crippen LogP contribution < -0.4 is 11.2 Å². The van der Waals surface area contributed by atoms with Gasteiger partial charge in [-0.3, -0.25) is 18.9 Å². The zero-order valence-corrected chi connectivity index (χ0v) is 11.6. The Hall–Kier alpha value is -1.29. The van der Waals surface area contributed by atoms with E-state index in [2.05, 4.69) is 0 Å². The molecule has 1 aromatic heterocycles. The Labute approximate surface area is 117 Å². The molecule has 1 aliphatic rings. The smallest absolute Gasteiger partial charge is 0.330 e. The first-order valence-electron chi connectivity index (χ1n) is 6.07. The third-order valence-corrected chi connectivity index (χ3v) is 4.01. The Morgan fingerprint density at radius 2 is 1.95 bits per heavy atom. The molecule has 4 atom stereocenters. The summed E-state index contributed by atoms with van der Waals surface area (Å²) in [6, 6.07) is 1.05. The lowest BCUT2D eigenvalue weighted by molar-refractivity contribution is -0.0405. The molecule has 2 rings (SSSR count). The summed E-state index contributed by atoms with van der Waals surface area (Å²) in [6.07, 6.45) is -4.74. The minimum absolute atomic E-state index is 0.183. The molecule has 5 N–H and O–H groups in total. The molecule has 0 aromatic carbocycles. The maximum absolute atomic E-state index is 11.6. The normalized spacial score (nSPS) is 29.7. The summed E-state index contributed by atoms with van der Waals surface area (Å²) >= 11 is 0. The molecule has 1 aromatic rings. The SMILES string of the molecule is O=c1ccn([C@@H]2O[C@H](CCP(=O)(O)O)[C@@H](O)[C@H]2O)c(=O)[nH]1. The summed E-state index contributed by atoms with van der Waals surface area (Å²) in [6.45, 7) is 0. The maximum Gasteiger partial charge on any atom is 0.330 e. The average molecular weight is 322 g/mol. The molecule has 0 unspecified atom stereocenters. The van der Waals surface area contributed by atoms with Gasteiger partial charge in [0.05, 0.1) is 12.3 Å². The van der Waals surface area contributed by atoms with Crippen LogP contribution in [-0.4, -0.2) is 54.0 Å². The molecule has 0 spiro atoms. The van der Waals surface area contributed by atoms with Crippen molar-refractivity contribution in [2.24, 2.45) is 0 Å². The molecule has 2 heterocycles. The van der Waals surface area contributed by atoms with Crippen molar-refractivity contribution in [3.8, 4) is 0 Å². The van der Waals surface area contributed by atoms with Crippen molar-refractivity contribution in [1.29, 1.82) is 0 Å². The van der Waals surface area contributed by atoms with E-state index in [1.54, 1.807) is 0 Å². The van der Waals surface area contributed by atoms with Crippen molar-refractivity contribution in [2.45, 2.75) is 31.0 Å². The highest BCUT2D eigenvalue weighted by Gasteiger charge is 2.44. The molecule has 1 saturated heterocycles. The highest BCUT2D eigenvalue weighted by atomic mass is 31.2. The topological polar surface area (TPSA) is 162 Å². The second-order valence-electron chi connectivity index (χ2n) is 4.74. The fraction of sp³-hybridized carbons (Fsp3) is 0.600. The number of aliphatic hydroxyl groups excluding tert-OH is 2. The first kappa shape index (κ1) is 16.1. The van der Waals surface area contributed by atoms with Gasteiger partial charge in [-0.05, 0) is 6.42 Å². The monoisotopic (exact) mass is 322 g/mol. The Morgan fingerprint density at radius 1 is 1.29 bits per heavy atom. The molecule has 118 valence electrons. The van der Waals surface area contributed by atoms with Crippen LogP contribution in [0.25, 0.3) is 0 Å². The quantitative estimate of drug-likeness (QED) is 0.387. The molecular weight excluding hydrogens is 307 g/mol. The number of nitrogens with one attached hydrogen (secondary N) is 1. The Bertz CT molecular complexity index is 664. The zero-order valence-electron chi connectivity index (χ0n) is 10.7. The Kier molecular flexibility index (Phi) is 4.47. The van der Waals surface area contributed by atoms with Gasteiger partial charge in [-0.25, -0.2) is 4.79 Å². The number of hydrogen-bond acceptors (Lipinski definition) is 6. The summed E-state index contributed by atoms with van der Waals surface area (Å²) in [5.41, 5.74) is -1.45. The lowest BCUT2D eigenvalue weighted by atomic mass is 10.1. The predicted molar refractivity (Wildman–Crippen MR) is 68.8 cm³/mol. The van der Waals surface area contributed by atoms with E-state index in [1.807, 2.05) is 4.98 Å². The molecule has 21 heavy (non-hydrogen) atoms. The van der Waals surface area contributed by atoms with Gasteiger partial charge in [0, 0.05) is 12.3 Å². The fourth-order valence-electron chi connectivity index (χ4n) is 2.12. The van der Waals surface area contributed by atoms with Crippen molar-refractivity contribution >= 4 is 7.60 Å². The van der Waals surface area contributed by atoms with Gasteiger partial charge in [0.15, 0.2) is 6.23 Å². The molecule has 10 nitrogen and oxygen atoms in total. The lowest BCUT2D eigenvalue weighted by Gasteiger charge is -2.16. The van der Waals surface area contributed by atoms with Crippen molar-refractivity contribution in [3.63, 3.8) is 0 Å². The average Bonchev–Trinajstić information content (AvgIpc) is 2.64. The molecule has 1 aliphatic heterocycles. The molecule has 0 amide bonds. The van der Waals surface area contributed by atoms with Crippen LogP contribution in [0.4, 0.5) is 0 Å². The van der Waals surface area contributed by atoms with Crippen LogP contribution >= 0.6 is 7.60 Å². The van der Waals surface area contributed by atoms with Gasteiger partial charge in [0.2, 0.25) is 0 Å². The number of hydrogen-bond donors (Lipinski definition) is 5. The van der Waals surface area contributed by atoms with Crippen LogP contribution in [0, 0.1) is 0 Å². The van der Waals surface area contributed by atoms with E-state index in [0.717, 1.165) is 16.8 Å². The number of rotatable bonds is 4. The number of aromatic nitrogens is 2. The van der Waals surface area contributed by atoms with Gasteiger partial charge in [-0.15, -0.1) is 0 Å². The summed E-state index contributed by atoms with van der Waals surface area (Å²) < 4.78 is 17.0. The van der Waals surface area contributed by atoms with Gasteiger partial charge in [-0.1, -0.05) is 0 Å². The standard InChI is InChI=1S/C10H15N2O8P/c13-6-1-3-12(10(16)11-6)9-8(15)7(14)5(20-9)2-4-21(17,18)19/h1,3,5,7-9,14-15H,2,4H2,(H,11,13,16)(H2,17,18,19)/t5-,7-,8-,9-/m1/s1. The van der Waals surface area contributed by atoms with E-state index < -0.39 is 49.5 Å². The lowest BCUT2D eigenvalue weighted by Crippen LogP contribution is -2.37. The van der Waals surface area contributed by atoms with Crippen molar-refractivity contribution in [3.05, 3.63) is 33.1 Å². The largest absolute Gasteiger partial charge is 0.388 e. The zero-order chi connectivity index (χ0) is 15.8. The maximum atomic E-state index is 11.6. The van der Waals surface area contributed by atoms with Crippen molar-refractivity contribution in [1.82, 2.24) is 9.55 Å². The van der Waals surface area contributed by atoms with Crippen LogP contribution in [-0.2, 0) is 9.30 Å². The number of ether oxygens (including phenoxy) is 1. The number of aromatic amines is 1. The van der Waals surface area contributed by atoms with E-state index in [0.29, 0.717) is 0 Å². The highest BCUT2D eigenvalue weighted by molar-refractivity contribution is 7.51. The van der Waals surface area contributed by atoms with Crippen LogP contribution in [0.3, 0.4) is 0 Å². The molecule has 1 fully saturated rings. The van der Waals surface area contributed by atoms with Crippen LogP contribution in [0.15, 0.2) is 21.9 Å². The van der Waals surface area contributed by atoms with Gasteiger partial charge < -0.3 is 24.7 Å². The van der Waals surface area contributed by atoms with Crippen LogP contribution in [0.5, 0.6) is 0 Å². The summed E-state index contributed by atoms with van der Waals surface area (Å²) in [4.78, 5) is 42.2. The minimum Gasteiger partial charge on any atom is -0.388 e. The third kappa shape index (κ3) is 3.67. The van der Waals surface area contributed by atoms with E-state index >= 15 is 0 Å². The van der Waals surface area contributed by atoms with E-state index in [1.165, 1.54) is 0 Å². The Morgan fingerprint density at radius 3 is 2.52 bits per heavy atom. The molecule has 0 bridgehead atoms. The van der Waals surface area contributed by atoms with E-state index in [9.17, 15) is 24.4 Å². The molecule has 0 radical (unpaired) electrons. The van der Waals surface area contributed by atoms with Gasteiger partial charge >= 0.3 is 13.3 Å². The van der Waals surface area contributed by atoms with E-state index in [-0.39, 0.29) is 6.42 Å². The van der Waals surface area contributed by atoms with Gasteiger partial charge in [0.1, 0.15) is 12.2 Å². The summed E-state index contributed by atoms with van der Waals surface area (Å²) in [5, 5.41) is 19.7. The minimum atomic E-state index is -4.26. The molecule has 11 heteroatoms. The second kappa shape index (κ2) is 5.84. The first-order valence-corrected chi connectivity index (χ1v) is 7.86. The number of H-pyrrole nitrogens is 1. The number of aliphatic hydroxyl groups is 2.